The van der Waals surface area contributed by atoms with Gasteiger partial charge in [-0.05, 0) is 58.0 Å². The third kappa shape index (κ3) is 2.50. The molecule has 0 nitrogen and oxygen atoms in total. The van der Waals surface area contributed by atoms with Crippen molar-refractivity contribution in [2.75, 3.05) is 0 Å². The van der Waals surface area contributed by atoms with Crippen molar-refractivity contribution in [3.05, 3.63) is 55.8 Å². The van der Waals surface area contributed by atoms with Gasteiger partial charge in [-0.25, -0.2) is 4.39 Å². The molecule has 2 aromatic rings. The van der Waals surface area contributed by atoms with Gasteiger partial charge in [0.25, 0.3) is 0 Å². The Morgan fingerprint density at radius 2 is 1.50 bits per heavy atom. The van der Waals surface area contributed by atoms with Crippen LogP contribution < -0.4 is 0 Å². The van der Waals surface area contributed by atoms with Crippen LogP contribution in [-0.2, 0) is 0 Å². The highest BCUT2D eigenvalue weighted by molar-refractivity contribution is 14.1. The maximum Gasteiger partial charge on any atom is 0.137 e. The molecule has 0 atom stereocenters. The summed E-state index contributed by atoms with van der Waals surface area (Å²) in [6.45, 7) is 0. The highest BCUT2D eigenvalue weighted by Gasteiger charge is 2.05. The summed E-state index contributed by atoms with van der Waals surface area (Å²) in [5.74, 6) is -0.232. The predicted molar refractivity (Wildman–Crippen MR) is 74.6 cm³/mol. The molecule has 2 aromatic carbocycles. The van der Waals surface area contributed by atoms with E-state index in [9.17, 15) is 4.39 Å². The molecule has 0 aliphatic carbocycles. The van der Waals surface area contributed by atoms with E-state index in [2.05, 4.69) is 0 Å². The predicted octanol–water partition coefficient (Wildman–Crippen LogP) is 5.40. The summed E-state index contributed by atoms with van der Waals surface area (Å²) in [7, 11) is 0. The van der Waals surface area contributed by atoms with Crippen molar-refractivity contribution in [1.82, 2.24) is 0 Å². The lowest BCUT2D eigenvalue weighted by Gasteiger charge is -2.04. The maximum atomic E-state index is 13.4. The van der Waals surface area contributed by atoms with Gasteiger partial charge in [-0.3, -0.25) is 0 Å². The third-order valence-electron chi connectivity index (χ3n) is 2.17. The molecule has 0 bridgehead atoms. The Bertz CT molecular complexity index is 491. The Hall–Kier alpha value is -0.320. The molecular weight excluding hydrogens is 361 g/mol. The molecule has 0 unspecified atom stereocenters. The second kappa shape index (κ2) is 4.90. The summed E-state index contributed by atoms with van der Waals surface area (Å²) in [4.78, 5) is 0. The first-order chi connectivity index (χ1) is 7.58. The van der Waals surface area contributed by atoms with Crippen molar-refractivity contribution < 1.29 is 4.39 Å². The molecular formula is C12H6Cl2FI. The van der Waals surface area contributed by atoms with Crippen molar-refractivity contribution in [3.8, 4) is 11.1 Å². The van der Waals surface area contributed by atoms with Gasteiger partial charge in [-0.15, -0.1) is 0 Å². The van der Waals surface area contributed by atoms with Crippen LogP contribution in [0.2, 0.25) is 10.0 Å². The minimum absolute atomic E-state index is 0.232. The molecule has 0 aliphatic rings. The summed E-state index contributed by atoms with van der Waals surface area (Å²) in [6.07, 6.45) is 0. The second-order valence-electron chi connectivity index (χ2n) is 3.26. The molecule has 0 amide bonds. The molecule has 2 rings (SSSR count). The van der Waals surface area contributed by atoms with Gasteiger partial charge >= 0.3 is 0 Å². The van der Waals surface area contributed by atoms with Crippen molar-refractivity contribution in [1.29, 1.82) is 0 Å². The summed E-state index contributed by atoms with van der Waals surface area (Å²) >= 11 is 13.7. The van der Waals surface area contributed by atoms with E-state index in [1.54, 1.807) is 18.2 Å². The van der Waals surface area contributed by atoms with E-state index in [-0.39, 0.29) is 5.82 Å². The molecule has 82 valence electrons. The summed E-state index contributed by atoms with van der Waals surface area (Å²) in [5, 5.41) is 0.967. The van der Waals surface area contributed by atoms with Crippen molar-refractivity contribution in [2.24, 2.45) is 0 Å². The molecule has 0 saturated heterocycles. The average molecular weight is 367 g/mol. The Balaban J connectivity index is 2.50. The zero-order valence-corrected chi connectivity index (χ0v) is 11.6. The van der Waals surface area contributed by atoms with Crippen LogP contribution >= 0.6 is 45.8 Å². The van der Waals surface area contributed by atoms with Gasteiger partial charge in [0.2, 0.25) is 0 Å². The lowest BCUT2D eigenvalue weighted by atomic mass is 10.1. The van der Waals surface area contributed by atoms with Crippen LogP contribution in [0.15, 0.2) is 36.4 Å². The Morgan fingerprint density at radius 3 is 2.12 bits per heavy atom. The monoisotopic (exact) mass is 366 g/mol. The Labute approximate surface area is 117 Å². The van der Waals surface area contributed by atoms with Gasteiger partial charge in [0, 0.05) is 3.57 Å². The molecule has 0 aromatic heterocycles. The smallest absolute Gasteiger partial charge is 0.137 e. The van der Waals surface area contributed by atoms with Gasteiger partial charge in [-0.2, -0.15) is 0 Å². The Kier molecular flexibility index (Phi) is 3.72. The number of benzene rings is 2. The fraction of sp³-hybridized carbons (Fsp3) is 0. The van der Waals surface area contributed by atoms with Crippen LogP contribution in [0.3, 0.4) is 0 Å². The quantitative estimate of drug-likeness (QED) is 0.592. The van der Waals surface area contributed by atoms with Gasteiger partial charge in [-0.1, -0.05) is 35.3 Å². The van der Waals surface area contributed by atoms with Crippen LogP contribution in [0.25, 0.3) is 11.1 Å². The Morgan fingerprint density at radius 1 is 0.875 bits per heavy atom. The largest absolute Gasteiger partial charge is 0.206 e. The van der Waals surface area contributed by atoms with E-state index in [1.165, 1.54) is 6.07 Å². The number of hydrogen-bond acceptors (Lipinski definition) is 0. The number of hydrogen-bond donors (Lipinski definition) is 0. The molecule has 0 N–H and O–H groups in total. The average Bonchev–Trinajstić information content (AvgIpc) is 2.26. The number of halogens is 4. The fourth-order valence-corrected chi connectivity index (χ4v) is 1.98. The van der Waals surface area contributed by atoms with E-state index in [0.717, 1.165) is 11.1 Å². The third-order valence-corrected chi connectivity index (χ3v) is 3.79. The second-order valence-corrected chi connectivity index (χ2v) is 5.23. The van der Waals surface area contributed by atoms with Crippen molar-refractivity contribution in [2.45, 2.75) is 0 Å². The zero-order valence-electron chi connectivity index (χ0n) is 7.98. The van der Waals surface area contributed by atoms with E-state index < -0.39 is 0 Å². The normalized spacial score (nSPS) is 10.5. The van der Waals surface area contributed by atoms with E-state index in [4.69, 9.17) is 23.2 Å². The molecule has 0 spiro atoms. The molecule has 0 heterocycles. The van der Waals surface area contributed by atoms with Crippen molar-refractivity contribution >= 4 is 45.8 Å². The molecule has 0 radical (unpaired) electrons. The SMILES string of the molecule is Fc1cc(-c2ccc(Cl)c(Cl)c2)ccc1I. The summed E-state index contributed by atoms with van der Waals surface area (Å²) in [6, 6.07) is 10.3. The lowest BCUT2D eigenvalue weighted by molar-refractivity contribution is 0.621. The van der Waals surface area contributed by atoms with E-state index in [1.807, 2.05) is 34.7 Å². The summed E-state index contributed by atoms with van der Waals surface area (Å²) in [5.41, 5.74) is 1.64. The first-order valence-electron chi connectivity index (χ1n) is 4.48. The van der Waals surface area contributed by atoms with Gasteiger partial charge < -0.3 is 0 Å². The highest BCUT2D eigenvalue weighted by Crippen LogP contribution is 2.29. The van der Waals surface area contributed by atoms with Crippen molar-refractivity contribution in [3.63, 3.8) is 0 Å². The van der Waals surface area contributed by atoms with Gasteiger partial charge in [0.15, 0.2) is 0 Å². The van der Waals surface area contributed by atoms with Crippen LogP contribution in [-0.4, -0.2) is 0 Å². The first-order valence-corrected chi connectivity index (χ1v) is 6.32. The highest BCUT2D eigenvalue weighted by atomic mass is 127. The van der Waals surface area contributed by atoms with Crippen LogP contribution in [0.5, 0.6) is 0 Å². The van der Waals surface area contributed by atoms with E-state index in [0.29, 0.717) is 13.6 Å². The molecule has 0 aliphatic heterocycles. The van der Waals surface area contributed by atoms with Crippen LogP contribution in [0, 0.1) is 9.39 Å². The van der Waals surface area contributed by atoms with Crippen LogP contribution in [0.4, 0.5) is 4.39 Å². The lowest BCUT2D eigenvalue weighted by Crippen LogP contribution is -1.84. The standard InChI is InChI=1S/C12H6Cl2FI/c13-9-3-1-7(5-10(9)14)8-2-4-12(16)11(15)6-8/h1-6H. The topological polar surface area (TPSA) is 0 Å². The maximum absolute atomic E-state index is 13.4. The molecule has 16 heavy (non-hydrogen) atoms. The minimum Gasteiger partial charge on any atom is -0.206 e. The molecule has 0 saturated carbocycles. The fourth-order valence-electron chi connectivity index (χ4n) is 1.35. The van der Waals surface area contributed by atoms with Gasteiger partial charge in [0.05, 0.1) is 10.0 Å². The molecule has 0 fully saturated rings. The number of rotatable bonds is 1. The van der Waals surface area contributed by atoms with Crippen LogP contribution in [0.1, 0.15) is 0 Å². The summed E-state index contributed by atoms with van der Waals surface area (Å²) < 4.78 is 14.0. The van der Waals surface area contributed by atoms with Gasteiger partial charge in [0.1, 0.15) is 5.82 Å². The first kappa shape index (κ1) is 12.1. The molecule has 4 heteroatoms. The zero-order chi connectivity index (χ0) is 11.7. The minimum atomic E-state index is -0.232. The van der Waals surface area contributed by atoms with E-state index >= 15 is 0 Å².